The summed E-state index contributed by atoms with van der Waals surface area (Å²) in [6.45, 7) is 2.88. The summed E-state index contributed by atoms with van der Waals surface area (Å²) in [5.41, 5.74) is 0.0324. The lowest BCUT2D eigenvalue weighted by atomic mass is 9.99. The number of para-hydroxylation sites is 3. The summed E-state index contributed by atoms with van der Waals surface area (Å²) in [6.07, 6.45) is 14.9. The van der Waals surface area contributed by atoms with E-state index in [-0.39, 0.29) is 22.4 Å². The summed E-state index contributed by atoms with van der Waals surface area (Å²) >= 11 is 0. The van der Waals surface area contributed by atoms with Crippen molar-refractivity contribution in [2.45, 2.75) is 84.0 Å². The molecule has 0 bridgehead atoms. The molecule has 4 aromatic carbocycles. The zero-order valence-electron chi connectivity index (χ0n) is 28.0. The van der Waals surface area contributed by atoms with Crippen LogP contribution in [0, 0.1) is 0 Å². The number of esters is 3. The van der Waals surface area contributed by atoms with Crippen LogP contribution in [-0.4, -0.2) is 24.5 Å². The van der Waals surface area contributed by atoms with Gasteiger partial charge in [0.25, 0.3) is 0 Å². The molecule has 48 heavy (non-hydrogen) atoms. The molecule has 252 valence electrons. The maximum Gasteiger partial charge on any atom is 0.345 e. The number of ether oxygens (including phenoxy) is 3. The number of anilines is 1. The minimum Gasteiger partial charge on any atom is -0.423 e. The zero-order chi connectivity index (χ0) is 33.8. The van der Waals surface area contributed by atoms with E-state index in [2.05, 4.69) is 12.2 Å². The van der Waals surface area contributed by atoms with Crippen LogP contribution in [0.2, 0.25) is 0 Å². The second kappa shape index (κ2) is 20.4. The molecule has 0 aliphatic rings. The minimum absolute atomic E-state index is 0.112. The number of hydrogen-bond acceptors (Lipinski definition) is 7. The van der Waals surface area contributed by atoms with Crippen LogP contribution < -0.4 is 19.5 Å². The molecule has 4 aromatic rings. The van der Waals surface area contributed by atoms with E-state index in [1.807, 2.05) is 0 Å². The summed E-state index contributed by atoms with van der Waals surface area (Å²) in [6, 6.07) is 28.7. The highest BCUT2D eigenvalue weighted by Gasteiger charge is 2.30. The molecule has 0 fully saturated rings. The monoisotopic (exact) mass is 649 g/mol. The van der Waals surface area contributed by atoms with Crippen molar-refractivity contribution in [3.05, 3.63) is 120 Å². The first kappa shape index (κ1) is 35.9. The lowest BCUT2D eigenvalue weighted by Crippen LogP contribution is -2.24. The molecule has 0 amide bonds. The first-order valence-corrected chi connectivity index (χ1v) is 17.3. The average molecular weight is 650 g/mol. The predicted molar refractivity (Wildman–Crippen MR) is 190 cm³/mol. The molecule has 0 aliphatic carbocycles. The second-order valence-electron chi connectivity index (χ2n) is 11.9. The standard InChI is InChI=1S/C41H47NO6/c1-2-3-4-5-6-7-8-9-10-11-12-22-29-42-32-30-36(39(43)46-33-23-16-13-17-24-33)38(41(45)48-35-27-20-15-21-28-35)37(31-32)40(44)47-34-25-18-14-19-26-34/h13-21,23-28,30-31,42H,2-12,22,29H2,1H3. The van der Waals surface area contributed by atoms with Crippen molar-refractivity contribution in [1.29, 1.82) is 0 Å². The van der Waals surface area contributed by atoms with Gasteiger partial charge >= 0.3 is 17.9 Å². The van der Waals surface area contributed by atoms with Crippen molar-refractivity contribution >= 4 is 23.6 Å². The summed E-state index contributed by atoms with van der Waals surface area (Å²) in [5, 5.41) is 3.35. The Labute approximate surface area is 284 Å². The van der Waals surface area contributed by atoms with Crippen molar-refractivity contribution in [1.82, 2.24) is 0 Å². The number of rotatable bonds is 20. The molecule has 0 radical (unpaired) electrons. The smallest absolute Gasteiger partial charge is 0.345 e. The molecule has 4 rings (SSSR count). The van der Waals surface area contributed by atoms with E-state index in [4.69, 9.17) is 14.2 Å². The molecule has 1 N–H and O–H groups in total. The van der Waals surface area contributed by atoms with Gasteiger partial charge in [0.1, 0.15) is 17.2 Å². The van der Waals surface area contributed by atoms with Gasteiger partial charge in [-0.1, -0.05) is 132 Å². The molecule has 0 heterocycles. The number of carbonyl (C=O) groups excluding carboxylic acids is 3. The van der Waals surface area contributed by atoms with Gasteiger partial charge < -0.3 is 19.5 Å². The Morgan fingerprint density at radius 1 is 0.479 bits per heavy atom. The topological polar surface area (TPSA) is 90.9 Å². The Hall–Kier alpha value is -4.91. The van der Waals surface area contributed by atoms with E-state index in [9.17, 15) is 14.4 Å². The minimum atomic E-state index is -0.881. The van der Waals surface area contributed by atoms with Crippen molar-refractivity contribution in [3.8, 4) is 17.2 Å². The van der Waals surface area contributed by atoms with Gasteiger partial charge in [-0.25, -0.2) is 14.4 Å². The molecule has 0 aliphatic heterocycles. The van der Waals surface area contributed by atoms with E-state index in [1.54, 1.807) is 91.0 Å². The van der Waals surface area contributed by atoms with Crippen LogP contribution in [0.5, 0.6) is 17.2 Å². The van der Waals surface area contributed by atoms with Crippen molar-refractivity contribution in [2.24, 2.45) is 0 Å². The van der Waals surface area contributed by atoms with E-state index in [1.165, 1.54) is 69.9 Å². The van der Waals surface area contributed by atoms with Gasteiger partial charge in [-0.3, -0.25) is 0 Å². The van der Waals surface area contributed by atoms with Gasteiger partial charge in [0.15, 0.2) is 0 Å². The lowest BCUT2D eigenvalue weighted by Gasteiger charge is -2.16. The Morgan fingerprint density at radius 3 is 1.23 bits per heavy atom. The average Bonchev–Trinajstić information content (AvgIpc) is 3.11. The van der Waals surface area contributed by atoms with Gasteiger partial charge in [0, 0.05) is 12.2 Å². The number of benzene rings is 4. The maximum atomic E-state index is 13.7. The Bertz CT molecular complexity index is 1480. The van der Waals surface area contributed by atoms with Crippen LogP contribution in [-0.2, 0) is 0 Å². The molecule has 0 saturated carbocycles. The van der Waals surface area contributed by atoms with E-state index in [0.717, 1.165) is 19.3 Å². The summed E-state index contributed by atoms with van der Waals surface area (Å²) < 4.78 is 16.9. The molecule has 7 heteroatoms. The van der Waals surface area contributed by atoms with Crippen molar-refractivity contribution in [3.63, 3.8) is 0 Å². The molecule has 0 aromatic heterocycles. The third-order valence-electron chi connectivity index (χ3n) is 8.00. The SMILES string of the molecule is CCCCCCCCCCCCCCNc1cc(C(=O)Oc2ccccc2)c(C(=O)Oc2ccccc2)c(C(=O)Oc2ccccc2)c1. The molecule has 0 atom stereocenters. The van der Waals surface area contributed by atoms with Gasteiger partial charge in [-0.05, 0) is 55.0 Å². The molecular formula is C41H47NO6. The molecule has 0 spiro atoms. The lowest BCUT2D eigenvalue weighted by molar-refractivity contribution is 0.0674. The first-order valence-electron chi connectivity index (χ1n) is 17.3. The molecule has 7 nitrogen and oxygen atoms in total. The fraction of sp³-hybridized carbons (Fsp3) is 0.341. The predicted octanol–water partition coefficient (Wildman–Crippen LogP) is 10.5. The van der Waals surface area contributed by atoms with Crippen LogP contribution in [0.15, 0.2) is 103 Å². The van der Waals surface area contributed by atoms with Gasteiger partial charge in [-0.2, -0.15) is 0 Å². The highest BCUT2D eigenvalue weighted by atomic mass is 16.5. The Kier molecular flexibility index (Phi) is 15.2. The molecule has 0 unspecified atom stereocenters. The van der Waals surface area contributed by atoms with Crippen molar-refractivity contribution < 1.29 is 28.6 Å². The summed E-state index contributed by atoms with van der Waals surface area (Å²) in [5.74, 6) is -1.62. The highest BCUT2D eigenvalue weighted by molar-refractivity contribution is 6.12. The quantitative estimate of drug-likeness (QED) is 0.0579. The zero-order valence-corrected chi connectivity index (χ0v) is 28.0. The van der Waals surface area contributed by atoms with E-state index in [0.29, 0.717) is 23.7 Å². The molecular weight excluding hydrogens is 602 g/mol. The second-order valence-corrected chi connectivity index (χ2v) is 11.9. The Morgan fingerprint density at radius 2 is 0.833 bits per heavy atom. The largest absolute Gasteiger partial charge is 0.423 e. The third-order valence-corrected chi connectivity index (χ3v) is 8.00. The number of carbonyl (C=O) groups is 3. The van der Waals surface area contributed by atoms with Gasteiger partial charge in [0.2, 0.25) is 0 Å². The highest BCUT2D eigenvalue weighted by Crippen LogP contribution is 2.27. The van der Waals surface area contributed by atoms with Gasteiger partial charge in [-0.15, -0.1) is 0 Å². The molecule has 0 saturated heterocycles. The fourth-order valence-electron chi connectivity index (χ4n) is 5.43. The van der Waals surface area contributed by atoms with Gasteiger partial charge in [0.05, 0.1) is 16.7 Å². The van der Waals surface area contributed by atoms with Crippen molar-refractivity contribution in [2.75, 3.05) is 11.9 Å². The van der Waals surface area contributed by atoms with Crippen LogP contribution in [0.1, 0.15) is 115 Å². The Balaban J connectivity index is 1.49. The first-order chi connectivity index (χ1) is 23.5. The van der Waals surface area contributed by atoms with Crippen LogP contribution in [0.3, 0.4) is 0 Å². The summed E-state index contributed by atoms with van der Waals surface area (Å²) in [7, 11) is 0. The number of hydrogen-bond donors (Lipinski definition) is 1. The van der Waals surface area contributed by atoms with E-state index >= 15 is 0 Å². The van der Waals surface area contributed by atoms with Crippen LogP contribution in [0.25, 0.3) is 0 Å². The normalized spacial score (nSPS) is 10.7. The summed E-state index contributed by atoms with van der Waals surface area (Å²) in [4.78, 5) is 41.0. The number of unbranched alkanes of at least 4 members (excludes halogenated alkanes) is 11. The van der Waals surface area contributed by atoms with Crippen LogP contribution >= 0.6 is 0 Å². The van der Waals surface area contributed by atoms with E-state index < -0.39 is 17.9 Å². The maximum absolute atomic E-state index is 13.7. The third kappa shape index (κ3) is 12.0. The fourth-order valence-corrected chi connectivity index (χ4v) is 5.43. The number of nitrogens with one attached hydrogen (secondary N) is 1. The van der Waals surface area contributed by atoms with Crippen LogP contribution in [0.4, 0.5) is 5.69 Å².